The summed E-state index contributed by atoms with van der Waals surface area (Å²) in [6, 6.07) is 2.81. The summed E-state index contributed by atoms with van der Waals surface area (Å²) in [4.78, 5) is 22.4. The lowest BCUT2D eigenvalue weighted by atomic mass is 10.2. The van der Waals surface area contributed by atoms with Gasteiger partial charge in [0.25, 0.3) is 0 Å². The summed E-state index contributed by atoms with van der Waals surface area (Å²) in [5.74, 6) is -1.88. The third-order valence-electron chi connectivity index (χ3n) is 3.51. The number of carbonyl (C=O) groups is 1. The first-order valence-corrected chi connectivity index (χ1v) is 7.41. The first kappa shape index (κ1) is 19.2. The van der Waals surface area contributed by atoms with Gasteiger partial charge in [-0.05, 0) is 26.0 Å². The molecule has 1 N–H and O–H groups in total. The Labute approximate surface area is 145 Å². The molecule has 1 amide bonds. The number of aromatic nitrogens is 2. The van der Waals surface area contributed by atoms with Crippen molar-refractivity contribution in [2.75, 3.05) is 5.32 Å². The van der Waals surface area contributed by atoms with Crippen molar-refractivity contribution in [3.8, 4) is 5.75 Å². The summed E-state index contributed by atoms with van der Waals surface area (Å²) in [7, 11) is 0. The monoisotopic (exact) mass is 372 g/mol. The van der Waals surface area contributed by atoms with Crippen LogP contribution >= 0.6 is 0 Å². The van der Waals surface area contributed by atoms with E-state index in [0.29, 0.717) is 5.69 Å². The molecule has 8 nitrogen and oxygen atoms in total. The average molecular weight is 372 g/mol. The van der Waals surface area contributed by atoms with Gasteiger partial charge in [-0.3, -0.25) is 19.6 Å². The highest BCUT2D eigenvalue weighted by atomic mass is 19.3. The van der Waals surface area contributed by atoms with E-state index in [9.17, 15) is 28.1 Å². The molecule has 0 aliphatic heterocycles. The number of anilines is 1. The van der Waals surface area contributed by atoms with Gasteiger partial charge in [-0.2, -0.15) is 13.9 Å². The number of alkyl halides is 2. The second kappa shape index (κ2) is 7.85. The van der Waals surface area contributed by atoms with E-state index in [1.807, 2.05) is 0 Å². The summed E-state index contributed by atoms with van der Waals surface area (Å²) < 4.78 is 43.4. The molecular weight excluding hydrogens is 357 g/mol. The number of hydrogen-bond donors (Lipinski definition) is 1. The second-order valence-corrected chi connectivity index (χ2v) is 5.32. The van der Waals surface area contributed by atoms with Crippen LogP contribution in [-0.2, 0) is 11.3 Å². The number of nitrogens with one attached hydrogen (secondary N) is 1. The Morgan fingerprint density at radius 1 is 1.42 bits per heavy atom. The van der Waals surface area contributed by atoms with Gasteiger partial charge in [-0.1, -0.05) is 0 Å². The van der Waals surface area contributed by atoms with E-state index >= 15 is 0 Å². The SMILES string of the molecule is Cc1nn(CCC(=O)Nc2ccc(F)cc2OC(F)F)c(C)c1[N+](=O)[O-]. The van der Waals surface area contributed by atoms with Gasteiger partial charge in [0.05, 0.1) is 17.2 Å². The highest BCUT2D eigenvalue weighted by molar-refractivity contribution is 5.92. The molecule has 140 valence electrons. The van der Waals surface area contributed by atoms with Crippen molar-refractivity contribution in [2.45, 2.75) is 33.4 Å². The number of carbonyl (C=O) groups excluding carboxylic acids is 1. The van der Waals surface area contributed by atoms with Crippen LogP contribution in [0.1, 0.15) is 17.8 Å². The largest absolute Gasteiger partial charge is 0.432 e. The molecule has 0 atom stereocenters. The minimum atomic E-state index is -3.18. The maximum atomic E-state index is 13.1. The zero-order valence-corrected chi connectivity index (χ0v) is 13.8. The highest BCUT2D eigenvalue weighted by Crippen LogP contribution is 2.27. The number of ether oxygens (including phenoxy) is 1. The molecule has 1 aromatic carbocycles. The number of benzene rings is 1. The van der Waals surface area contributed by atoms with E-state index < -0.39 is 29.0 Å². The van der Waals surface area contributed by atoms with E-state index in [4.69, 9.17) is 0 Å². The second-order valence-electron chi connectivity index (χ2n) is 5.32. The minimum absolute atomic E-state index is 0.0403. The Balaban J connectivity index is 2.06. The predicted octanol–water partition coefficient (Wildman–Crippen LogP) is 3.18. The minimum Gasteiger partial charge on any atom is -0.432 e. The molecule has 0 unspecified atom stereocenters. The molecule has 2 rings (SSSR count). The molecule has 0 saturated carbocycles. The predicted molar refractivity (Wildman–Crippen MR) is 84.6 cm³/mol. The average Bonchev–Trinajstić information content (AvgIpc) is 2.81. The number of amides is 1. The molecule has 2 aromatic rings. The van der Waals surface area contributed by atoms with Crippen molar-refractivity contribution in [3.05, 3.63) is 45.5 Å². The molecule has 1 aromatic heterocycles. The lowest BCUT2D eigenvalue weighted by Crippen LogP contribution is -2.17. The standard InChI is InChI=1S/C15H15F3N4O4/c1-8-14(22(24)25)9(2)21(20-8)6-5-13(23)19-11-4-3-10(16)7-12(11)26-15(17)18/h3-4,7,15H,5-6H2,1-2H3,(H,19,23). The zero-order chi connectivity index (χ0) is 19.4. The molecule has 0 spiro atoms. The number of nitro groups is 1. The van der Waals surface area contributed by atoms with Crippen molar-refractivity contribution >= 4 is 17.3 Å². The van der Waals surface area contributed by atoms with Crippen LogP contribution in [0.15, 0.2) is 18.2 Å². The number of hydrogen-bond acceptors (Lipinski definition) is 5. The first-order valence-electron chi connectivity index (χ1n) is 7.41. The number of nitrogens with zero attached hydrogens (tertiary/aromatic N) is 3. The smallest absolute Gasteiger partial charge is 0.387 e. The van der Waals surface area contributed by atoms with E-state index in [0.717, 1.165) is 18.2 Å². The highest BCUT2D eigenvalue weighted by Gasteiger charge is 2.22. The van der Waals surface area contributed by atoms with Gasteiger partial charge >= 0.3 is 12.3 Å². The Bertz CT molecular complexity index is 839. The Morgan fingerprint density at radius 3 is 2.69 bits per heavy atom. The molecule has 0 bridgehead atoms. The summed E-state index contributed by atoms with van der Waals surface area (Å²) in [6.07, 6.45) is -0.134. The molecule has 0 fully saturated rings. The molecule has 11 heteroatoms. The van der Waals surface area contributed by atoms with Crippen molar-refractivity contribution < 1.29 is 27.6 Å². The molecule has 1 heterocycles. The van der Waals surface area contributed by atoms with Gasteiger partial charge in [-0.25, -0.2) is 4.39 Å². The number of aryl methyl sites for hydroxylation is 2. The molecular formula is C15H15F3N4O4. The van der Waals surface area contributed by atoms with E-state index in [1.54, 1.807) is 0 Å². The van der Waals surface area contributed by atoms with Gasteiger partial charge in [0.2, 0.25) is 5.91 Å². The maximum Gasteiger partial charge on any atom is 0.387 e. The molecule has 0 aliphatic rings. The van der Waals surface area contributed by atoms with Crippen molar-refractivity contribution in [3.63, 3.8) is 0 Å². The van der Waals surface area contributed by atoms with Crippen molar-refractivity contribution in [1.82, 2.24) is 9.78 Å². The summed E-state index contributed by atoms with van der Waals surface area (Å²) in [6.45, 7) is -0.153. The topological polar surface area (TPSA) is 99.3 Å². The maximum absolute atomic E-state index is 13.1. The fourth-order valence-electron chi connectivity index (χ4n) is 2.38. The van der Waals surface area contributed by atoms with E-state index in [1.165, 1.54) is 18.5 Å². The van der Waals surface area contributed by atoms with Crippen molar-refractivity contribution in [2.24, 2.45) is 0 Å². The van der Waals surface area contributed by atoms with Gasteiger partial charge in [-0.15, -0.1) is 0 Å². The summed E-state index contributed by atoms with van der Waals surface area (Å²) in [5, 5.41) is 17.3. The third-order valence-corrected chi connectivity index (χ3v) is 3.51. The Hall–Kier alpha value is -3.11. The quantitative estimate of drug-likeness (QED) is 0.594. The fraction of sp³-hybridized carbons (Fsp3) is 0.333. The number of rotatable bonds is 7. The van der Waals surface area contributed by atoms with E-state index in [-0.39, 0.29) is 30.0 Å². The van der Waals surface area contributed by atoms with Crippen LogP contribution in [-0.4, -0.2) is 27.2 Å². The molecule has 0 radical (unpaired) electrons. The molecule has 0 saturated heterocycles. The van der Waals surface area contributed by atoms with Crippen LogP contribution in [0.25, 0.3) is 0 Å². The molecule has 26 heavy (non-hydrogen) atoms. The van der Waals surface area contributed by atoms with E-state index in [2.05, 4.69) is 15.2 Å². The fourth-order valence-corrected chi connectivity index (χ4v) is 2.38. The van der Waals surface area contributed by atoms with Crippen molar-refractivity contribution in [1.29, 1.82) is 0 Å². The van der Waals surface area contributed by atoms with Crippen LogP contribution in [0.2, 0.25) is 0 Å². The Kier molecular flexibility index (Phi) is 5.80. The Morgan fingerprint density at radius 2 is 2.12 bits per heavy atom. The van der Waals surface area contributed by atoms with Crippen LogP contribution < -0.4 is 10.1 Å². The van der Waals surface area contributed by atoms with Gasteiger partial charge in [0.15, 0.2) is 5.75 Å². The van der Waals surface area contributed by atoms with Gasteiger partial charge < -0.3 is 10.1 Å². The van der Waals surface area contributed by atoms with Crippen LogP contribution in [0, 0.1) is 29.8 Å². The lowest BCUT2D eigenvalue weighted by Gasteiger charge is -2.12. The molecule has 0 aliphatic carbocycles. The zero-order valence-electron chi connectivity index (χ0n) is 13.8. The summed E-state index contributed by atoms with van der Waals surface area (Å²) in [5.41, 5.74) is 0.274. The summed E-state index contributed by atoms with van der Waals surface area (Å²) >= 11 is 0. The lowest BCUT2D eigenvalue weighted by molar-refractivity contribution is -0.386. The van der Waals surface area contributed by atoms with Crippen LogP contribution in [0.5, 0.6) is 5.75 Å². The van der Waals surface area contributed by atoms with Gasteiger partial charge in [0.1, 0.15) is 17.2 Å². The van der Waals surface area contributed by atoms with Crippen LogP contribution in [0.4, 0.5) is 24.5 Å². The third kappa shape index (κ3) is 4.49. The van der Waals surface area contributed by atoms with Gasteiger partial charge in [0, 0.05) is 12.5 Å². The number of halogens is 3. The van der Waals surface area contributed by atoms with Crippen LogP contribution in [0.3, 0.4) is 0 Å². The first-order chi connectivity index (χ1) is 12.2. The normalized spacial score (nSPS) is 10.8.